The second-order valence-electron chi connectivity index (χ2n) is 4.89. The number of ether oxygens (including phenoxy) is 1. The highest BCUT2D eigenvalue weighted by Crippen LogP contribution is 2.31. The first kappa shape index (κ1) is 16.0. The number of primary sulfonamides is 1. The van der Waals surface area contributed by atoms with E-state index in [1.54, 1.807) is 12.1 Å². The Hall–Kier alpha value is -1.07. The van der Waals surface area contributed by atoms with Gasteiger partial charge in [0.2, 0.25) is 10.0 Å². The van der Waals surface area contributed by atoms with Crippen LogP contribution in [0.5, 0.6) is 5.75 Å². The van der Waals surface area contributed by atoms with Crippen molar-refractivity contribution in [1.82, 2.24) is 0 Å². The zero-order chi connectivity index (χ0) is 14.6. The zero-order valence-electron chi connectivity index (χ0n) is 12.0. The van der Waals surface area contributed by atoms with E-state index in [0.717, 1.165) is 24.2 Å². The Balaban J connectivity index is 3.24. The lowest BCUT2D eigenvalue weighted by Crippen LogP contribution is -2.15. The molecule has 2 atom stereocenters. The van der Waals surface area contributed by atoms with E-state index in [9.17, 15) is 8.42 Å². The van der Waals surface area contributed by atoms with Crippen LogP contribution in [0.1, 0.15) is 52.0 Å². The summed E-state index contributed by atoms with van der Waals surface area (Å²) in [6.07, 6.45) is 1.91. The molecular weight excluding hydrogens is 262 g/mol. The Kier molecular flexibility index (Phi) is 5.38. The summed E-state index contributed by atoms with van der Waals surface area (Å²) in [4.78, 5) is 0.138. The molecule has 1 aromatic rings. The highest BCUT2D eigenvalue weighted by molar-refractivity contribution is 7.89. The van der Waals surface area contributed by atoms with Gasteiger partial charge in [0.05, 0.1) is 11.0 Å². The molecule has 5 heteroatoms. The van der Waals surface area contributed by atoms with E-state index < -0.39 is 10.0 Å². The van der Waals surface area contributed by atoms with Crippen molar-refractivity contribution in [2.24, 2.45) is 5.14 Å². The molecule has 4 nitrogen and oxygen atoms in total. The third-order valence-electron chi connectivity index (χ3n) is 3.36. The lowest BCUT2D eigenvalue weighted by molar-refractivity contribution is 0.214. The summed E-state index contributed by atoms with van der Waals surface area (Å²) in [5, 5.41) is 5.18. The standard InChI is InChI=1S/C14H23NO3S/c1-5-10(3)13-9-12(19(15,16)17)7-8-14(13)18-11(4)6-2/h7-11H,5-6H2,1-4H3,(H2,15,16,17). The molecule has 19 heavy (non-hydrogen) atoms. The number of sulfonamides is 1. The normalized spacial score (nSPS) is 15.0. The van der Waals surface area contributed by atoms with Crippen LogP contribution in [0.2, 0.25) is 0 Å². The van der Waals surface area contributed by atoms with Crippen molar-refractivity contribution in [3.8, 4) is 5.75 Å². The first-order valence-electron chi connectivity index (χ1n) is 6.63. The van der Waals surface area contributed by atoms with E-state index in [0.29, 0.717) is 0 Å². The maximum Gasteiger partial charge on any atom is 0.238 e. The van der Waals surface area contributed by atoms with Crippen LogP contribution >= 0.6 is 0 Å². The van der Waals surface area contributed by atoms with Gasteiger partial charge in [-0.1, -0.05) is 20.8 Å². The molecule has 1 aromatic carbocycles. The van der Waals surface area contributed by atoms with E-state index in [1.807, 2.05) is 20.8 Å². The molecule has 0 saturated heterocycles. The fraction of sp³-hybridized carbons (Fsp3) is 0.571. The molecule has 0 aliphatic carbocycles. The molecule has 0 aliphatic heterocycles. The fourth-order valence-corrected chi connectivity index (χ4v) is 2.26. The van der Waals surface area contributed by atoms with E-state index in [4.69, 9.17) is 9.88 Å². The van der Waals surface area contributed by atoms with Crippen LogP contribution in [0.3, 0.4) is 0 Å². The molecule has 0 heterocycles. The molecule has 0 radical (unpaired) electrons. The number of nitrogens with two attached hydrogens (primary N) is 1. The van der Waals surface area contributed by atoms with Crippen LogP contribution in [0.15, 0.2) is 23.1 Å². The van der Waals surface area contributed by atoms with E-state index >= 15 is 0 Å². The molecule has 0 spiro atoms. The van der Waals surface area contributed by atoms with Gasteiger partial charge in [-0.25, -0.2) is 13.6 Å². The Labute approximate surface area is 116 Å². The van der Waals surface area contributed by atoms with Gasteiger partial charge in [0, 0.05) is 0 Å². The number of rotatable bonds is 6. The van der Waals surface area contributed by atoms with Gasteiger partial charge >= 0.3 is 0 Å². The van der Waals surface area contributed by atoms with Gasteiger partial charge in [-0.15, -0.1) is 0 Å². The zero-order valence-corrected chi connectivity index (χ0v) is 12.8. The molecule has 0 aliphatic rings. The molecule has 2 N–H and O–H groups in total. The highest BCUT2D eigenvalue weighted by Gasteiger charge is 2.17. The van der Waals surface area contributed by atoms with Crippen molar-refractivity contribution >= 4 is 10.0 Å². The first-order chi connectivity index (χ1) is 8.79. The largest absolute Gasteiger partial charge is 0.490 e. The molecule has 0 fully saturated rings. The van der Waals surface area contributed by atoms with Crippen molar-refractivity contribution in [2.75, 3.05) is 0 Å². The van der Waals surface area contributed by atoms with Gasteiger partial charge in [0.15, 0.2) is 0 Å². The van der Waals surface area contributed by atoms with Gasteiger partial charge in [-0.3, -0.25) is 0 Å². The Morgan fingerprint density at radius 2 is 1.84 bits per heavy atom. The van der Waals surface area contributed by atoms with Crippen LogP contribution in [0.25, 0.3) is 0 Å². The van der Waals surface area contributed by atoms with Crippen molar-refractivity contribution in [3.63, 3.8) is 0 Å². The van der Waals surface area contributed by atoms with Crippen LogP contribution in [0.4, 0.5) is 0 Å². The lowest BCUT2D eigenvalue weighted by atomic mass is 9.97. The predicted molar refractivity (Wildman–Crippen MR) is 76.9 cm³/mol. The average Bonchev–Trinajstić information content (AvgIpc) is 2.36. The second-order valence-corrected chi connectivity index (χ2v) is 6.45. The molecule has 1 rings (SSSR count). The summed E-state index contributed by atoms with van der Waals surface area (Å²) in [5.74, 6) is 0.969. The maximum atomic E-state index is 11.4. The van der Waals surface area contributed by atoms with Crippen molar-refractivity contribution in [2.45, 2.75) is 57.5 Å². The topological polar surface area (TPSA) is 69.4 Å². The summed E-state index contributed by atoms with van der Waals surface area (Å²) < 4.78 is 28.7. The van der Waals surface area contributed by atoms with E-state index in [-0.39, 0.29) is 16.9 Å². The minimum atomic E-state index is -3.67. The molecule has 2 unspecified atom stereocenters. The molecule has 0 bridgehead atoms. The van der Waals surface area contributed by atoms with Gasteiger partial charge in [-0.2, -0.15) is 0 Å². The third kappa shape index (κ3) is 4.21. The Morgan fingerprint density at radius 3 is 2.32 bits per heavy atom. The Bertz CT molecular complexity index is 525. The summed E-state index contributed by atoms with van der Waals surface area (Å²) in [6, 6.07) is 4.83. The van der Waals surface area contributed by atoms with E-state index in [2.05, 4.69) is 6.92 Å². The van der Waals surface area contributed by atoms with Crippen molar-refractivity contribution in [1.29, 1.82) is 0 Å². The summed E-state index contributed by atoms with van der Waals surface area (Å²) in [5.41, 5.74) is 0.898. The van der Waals surface area contributed by atoms with Gasteiger partial charge in [-0.05, 0) is 49.4 Å². The molecule has 108 valence electrons. The Morgan fingerprint density at radius 1 is 1.21 bits per heavy atom. The van der Waals surface area contributed by atoms with Gasteiger partial charge in [0.1, 0.15) is 5.75 Å². The third-order valence-corrected chi connectivity index (χ3v) is 4.27. The van der Waals surface area contributed by atoms with Crippen LogP contribution < -0.4 is 9.88 Å². The highest BCUT2D eigenvalue weighted by atomic mass is 32.2. The van der Waals surface area contributed by atoms with E-state index in [1.165, 1.54) is 6.07 Å². The fourth-order valence-electron chi connectivity index (χ4n) is 1.72. The van der Waals surface area contributed by atoms with Crippen molar-refractivity contribution in [3.05, 3.63) is 23.8 Å². The quantitative estimate of drug-likeness (QED) is 0.873. The van der Waals surface area contributed by atoms with Crippen molar-refractivity contribution < 1.29 is 13.2 Å². The molecule has 0 saturated carbocycles. The molecule has 0 amide bonds. The molecule has 0 aromatic heterocycles. The monoisotopic (exact) mass is 285 g/mol. The van der Waals surface area contributed by atoms with Gasteiger partial charge in [0.25, 0.3) is 0 Å². The van der Waals surface area contributed by atoms with Crippen LogP contribution in [0, 0.1) is 0 Å². The summed E-state index contributed by atoms with van der Waals surface area (Å²) in [6.45, 7) is 8.15. The minimum Gasteiger partial charge on any atom is -0.490 e. The SMILES string of the molecule is CCC(C)Oc1ccc(S(N)(=O)=O)cc1C(C)CC. The second kappa shape index (κ2) is 6.39. The number of hydrogen-bond donors (Lipinski definition) is 1. The average molecular weight is 285 g/mol. The predicted octanol–water partition coefficient (Wildman–Crippen LogP) is 3.02. The maximum absolute atomic E-state index is 11.4. The number of benzene rings is 1. The molecular formula is C14H23NO3S. The van der Waals surface area contributed by atoms with Gasteiger partial charge < -0.3 is 4.74 Å². The smallest absolute Gasteiger partial charge is 0.238 e. The van der Waals surface area contributed by atoms with Crippen LogP contribution in [-0.4, -0.2) is 14.5 Å². The summed E-state index contributed by atoms with van der Waals surface area (Å²) >= 11 is 0. The first-order valence-corrected chi connectivity index (χ1v) is 8.17. The van der Waals surface area contributed by atoms with Crippen LogP contribution in [-0.2, 0) is 10.0 Å². The lowest BCUT2D eigenvalue weighted by Gasteiger charge is -2.20. The minimum absolute atomic E-state index is 0.100. The number of hydrogen-bond acceptors (Lipinski definition) is 3. The summed E-state index contributed by atoms with van der Waals surface area (Å²) in [7, 11) is -3.67.